The minimum atomic E-state index is -3.97. The Balaban J connectivity index is 2.63. The molecule has 0 saturated carbocycles. The van der Waals surface area contributed by atoms with Gasteiger partial charge >= 0.3 is 17.6 Å². The van der Waals surface area contributed by atoms with E-state index < -0.39 is 23.1 Å². The molecule has 1 heterocycles. The Morgan fingerprint density at radius 2 is 1.88 bits per heavy atom. The molecule has 0 unspecified atom stereocenters. The van der Waals surface area contributed by atoms with Crippen LogP contribution in [0, 0.1) is 0 Å². The van der Waals surface area contributed by atoms with Crippen LogP contribution in [0.1, 0.15) is 5.56 Å². The van der Waals surface area contributed by atoms with Gasteiger partial charge in [0.2, 0.25) is 0 Å². The Labute approximate surface area is 86.7 Å². The fraction of sp³-hybridized carbons (Fsp3) is 0.111. The number of nitrogens with one attached hydrogen (secondary N) is 2. The molecule has 0 saturated heterocycles. The molecule has 0 fully saturated rings. The van der Waals surface area contributed by atoms with Gasteiger partial charge in [0.1, 0.15) is 0 Å². The molecule has 0 radical (unpaired) electrons. The van der Waals surface area contributed by atoms with Crippen LogP contribution in [0.5, 0.6) is 0 Å². The Hall–Kier alpha value is -2.18. The maximum atomic E-state index is 13.1. The van der Waals surface area contributed by atoms with Crippen molar-refractivity contribution in [2.75, 3.05) is 0 Å². The smallest absolute Gasteiger partial charge is 0.379 e. The zero-order valence-corrected chi connectivity index (χ0v) is 7.75. The molecular weight excluding hydrogens is 222 g/mol. The zero-order chi connectivity index (χ0) is 11.9. The first-order chi connectivity index (χ1) is 7.41. The maximum Gasteiger partial charge on any atom is 0.379 e. The third kappa shape index (κ3) is 1.46. The highest BCUT2D eigenvalue weighted by Gasteiger charge is 2.41. The second-order valence-corrected chi connectivity index (χ2v) is 3.22. The molecule has 2 aromatic rings. The molecular formula is C9H6F2N2O3. The molecule has 0 aliphatic heterocycles. The van der Waals surface area contributed by atoms with E-state index in [1.807, 2.05) is 0 Å². The summed E-state index contributed by atoms with van der Waals surface area (Å²) >= 11 is 0. The number of hydrogen-bond donors (Lipinski definition) is 3. The lowest BCUT2D eigenvalue weighted by Gasteiger charge is -2.10. The number of fused-ring (bicyclic) bond motifs is 1. The Kier molecular flexibility index (Phi) is 2.04. The van der Waals surface area contributed by atoms with Crippen molar-refractivity contribution in [1.29, 1.82) is 0 Å². The lowest BCUT2D eigenvalue weighted by molar-refractivity contribution is -0.166. The second-order valence-electron chi connectivity index (χ2n) is 3.22. The number of imidazole rings is 1. The summed E-state index contributed by atoms with van der Waals surface area (Å²) in [4.78, 5) is 25.8. The number of aromatic nitrogens is 2. The van der Waals surface area contributed by atoms with E-state index >= 15 is 0 Å². The summed E-state index contributed by atoms with van der Waals surface area (Å²) in [5.74, 6) is -6.20. The molecule has 16 heavy (non-hydrogen) atoms. The van der Waals surface area contributed by atoms with Crippen LogP contribution in [0.2, 0.25) is 0 Å². The summed E-state index contributed by atoms with van der Waals surface area (Å²) in [6.07, 6.45) is 0. The van der Waals surface area contributed by atoms with Crippen LogP contribution in [0.25, 0.3) is 11.0 Å². The minimum absolute atomic E-state index is 0.142. The molecule has 0 aliphatic carbocycles. The number of hydrogen-bond acceptors (Lipinski definition) is 2. The van der Waals surface area contributed by atoms with Crippen molar-refractivity contribution in [2.45, 2.75) is 5.92 Å². The number of carboxylic acids is 1. The van der Waals surface area contributed by atoms with Gasteiger partial charge in [-0.05, 0) is 12.1 Å². The van der Waals surface area contributed by atoms with Crippen molar-refractivity contribution in [3.63, 3.8) is 0 Å². The van der Waals surface area contributed by atoms with E-state index in [0.717, 1.165) is 12.1 Å². The van der Waals surface area contributed by atoms with Gasteiger partial charge in [0.15, 0.2) is 0 Å². The summed E-state index contributed by atoms with van der Waals surface area (Å²) in [6, 6.07) is 3.11. The average molecular weight is 228 g/mol. The summed E-state index contributed by atoms with van der Waals surface area (Å²) in [7, 11) is 0. The number of rotatable bonds is 2. The average Bonchev–Trinajstić information content (AvgIpc) is 2.56. The lowest BCUT2D eigenvalue weighted by Crippen LogP contribution is -2.25. The van der Waals surface area contributed by atoms with E-state index in [1.165, 1.54) is 6.07 Å². The number of aromatic amines is 2. The van der Waals surface area contributed by atoms with Gasteiger partial charge in [0.05, 0.1) is 11.0 Å². The monoisotopic (exact) mass is 228 g/mol. The zero-order valence-electron chi connectivity index (χ0n) is 7.75. The van der Waals surface area contributed by atoms with Crippen molar-refractivity contribution in [3.8, 4) is 0 Å². The summed E-state index contributed by atoms with van der Waals surface area (Å²) in [6.45, 7) is 0. The number of alkyl halides is 2. The topological polar surface area (TPSA) is 85.9 Å². The van der Waals surface area contributed by atoms with Crippen LogP contribution in [0.4, 0.5) is 8.78 Å². The van der Waals surface area contributed by atoms with E-state index in [4.69, 9.17) is 5.11 Å². The number of aliphatic carboxylic acids is 1. The van der Waals surface area contributed by atoms with Crippen LogP contribution in [-0.2, 0) is 10.7 Å². The van der Waals surface area contributed by atoms with Gasteiger partial charge in [-0.2, -0.15) is 8.78 Å². The molecule has 0 spiro atoms. The molecule has 0 atom stereocenters. The molecule has 3 N–H and O–H groups in total. The molecule has 2 rings (SSSR count). The Bertz CT molecular complexity index is 614. The van der Waals surface area contributed by atoms with Crippen molar-refractivity contribution in [2.24, 2.45) is 0 Å². The second kappa shape index (κ2) is 3.16. The van der Waals surface area contributed by atoms with Gasteiger partial charge in [-0.3, -0.25) is 0 Å². The fourth-order valence-electron chi connectivity index (χ4n) is 1.35. The first-order valence-corrected chi connectivity index (χ1v) is 4.25. The Morgan fingerprint density at radius 3 is 2.50 bits per heavy atom. The lowest BCUT2D eigenvalue weighted by atomic mass is 10.1. The van der Waals surface area contributed by atoms with E-state index in [9.17, 15) is 18.4 Å². The molecule has 7 heteroatoms. The van der Waals surface area contributed by atoms with Crippen LogP contribution < -0.4 is 5.69 Å². The summed E-state index contributed by atoms with van der Waals surface area (Å²) in [5.41, 5.74) is -0.730. The number of benzene rings is 1. The van der Waals surface area contributed by atoms with E-state index in [1.54, 1.807) is 0 Å². The predicted molar refractivity (Wildman–Crippen MR) is 50.4 cm³/mol. The molecule has 84 valence electrons. The quantitative estimate of drug-likeness (QED) is 0.717. The van der Waals surface area contributed by atoms with E-state index in [0.29, 0.717) is 5.52 Å². The molecule has 5 nitrogen and oxygen atoms in total. The number of carbonyl (C=O) groups is 1. The van der Waals surface area contributed by atoms with E-state index in [2.05, 4.69) is 9.97 Å². The normalized spacial score (nSPS) is 11.9. The van der Waals surface area contributed by atoms with Crippen molar-refractivity contribution >= 4 is 17.0 Å². The maximum absolute atomic E-state index is 13.1. The van der Waals surface area contributed by atoms with Crippen LogP contribution in [0.15, 0.2) is 23.0 Å². The first-order valence-electron chi connectivity index (χ1n) is 4.25. The van der Waals surface area contributed by atoms with Gasteiger partial charge in [-0.1, -0.05) is 6.07 Å². The first kappa shape index (κ1) is 10.3. The van der Waals surface area contributed by atoms with Gasteiger partial charge < -0.3 is 15.1 Å². The molecule has 0 bridgehead atoms. The largest absolute Gasteiger partial charge is 0.477 e. The molecule has 0 amide bonds. The van der Waals surface area contributed by atoms with Crippen LogP contribution in [0.3, 0.4) is 0 Å². The van der Waals surface area contributed by atoms with E-state index in [-0.39, 0.29) is 5.52 Å². The highest BCUT2D eigenvalue weighted by molar-refractivity contribution is 5.81. The third-order valence-corrected chi connectivity index (χ3v) is 2.15. The standard InChI is InChI=1S/C9H6F2N2O3/c10-9(11,7(14)15)4-1-2-5-6(3-4)13-8(16)12-5/h1-3H,(H,14,15)(H2,12,13,16). The van der Waals surface area contributed by atoms with Crippen molar-refractivity contribution in [3.05, 3.63) is 34.2 Å². The Morgan fingerprint density at radius 1 is 1.25 bits per heavy atom. The van der Waals surface area contributed by atoms with Crippen molar-refractivity contribution in [1.82, 2.24) is 9.97 Å². The van der Waals surface area contributed by atoms with Gasteiger partial charge in [0, 0.05) is 5.56 Å². The molecule has 0 aliphatic rings. The highest BCUT2D eigenvalue weighted by atomic mass is 19.3. The number of H-pyrrole nitrogens is 2. The SMILES string of the molecule is O=C(O)C(F)(F)c1ccc2[nH]c(=O)[nH]c2c1. The highest BCUT2D eigenvalue weighted by Crippen LogP contribution is 2.29. The fourth-order valence-corrected chi connectivity index (χ4v) is 1.35. The summed E-state index contributed by atoms with van der Waals surface area (Å²) < 4.78 is 26.2. The molecule has 1 aromatic carbocycles. The number of halogens is 2. The molecule has 1 aromatic heterocycles. The third-order valence-electron chi connectivity index (χ3n) is 2.15. The van der Waals surface area contributed by atoms with Crippen molar-refractivity contribution < 1.29 is 18.7 Å². The summed E-state index contributed by atoms with van der Waals surface area (Å²) in [5, 5.41) is 8.34. The predicted octanol–water partition coefficient (Wildman–Crippen LogP) is 1.03. The van der Waals surface area contributed by atoms with Crippen LogP contribution >= 0.6 is 0 Å². The number of carboxylic acid groups (broad SMARTS) is 1. The van der Waals surface area contributed by atoms with Crippen LogP contribution in [-0.4, -0.2) is 21.0 Å². The van der Waals surface area contributed by atoms with Gasteiger partial charge in [-0.15, -0.1) is 0 Å². The van der Waals surface area contributed by atoms with Gasteiger partial charge in [-0.25, -0.2) is 9.59 Å². The minimum Gasteiger partial charge on any atom is -0.477 e. The van der Waals surface area contributed by atoms with Gasteiger partial charge in [0.25, 0.3) is 0 Å².